The van der Waals surface area contributed by atoms with E-state index in [-0.39, 0.29) is 0 Å². The van der Waals surface area contributed by atoms with Gasteiger partial charge < -0.3 is 14.9 Å². The molecule has 0 aliphatic heterocycles. The number of aromatic nitrogens is 2. The van der Waals surface area contributed by atoms with Crippen molar-refractivity contribution in [1.82, 2.24) is 9.38 Å². The Morgan fingerprint density at radius 1 is 1.14 bits per heavy atom. The SMILES string of the molecule is NCCc1c(Oc2ccc(Cl)c(Cl)c2)nc2ccccn12. The summed E-state index contributed by atoms with van der Waals surface area (Å²) < 4.78 is 7.82. The van der Waals surface area contributed by atoms with E-state index in [2.05, 4.69) is 4.98 Å². The van der Waals surface area contributed by atoms with Gasteiger partial charge >= 0.3 is 0 Å². The Hall–Kier alpha value is -1.75. The van der Waals surface area contributed by atoms with E-state index in [1.54, 1.807) is 18.2 Å². The first-order chi connectivity index (χ1) is 10.2. The molecule has 21 heavy (non-hydrogen) atoms. The number of hydrogen-bond donors (Lipinski definition) is 1. The monoisotopic (exact) mass is 321 g/mol. The van der Waals surface area contributed by atoms with E-state index in [1.165, 1.54) is 0 Å². The van der Waals surface area contributed by atoms with Crippen molar-refractivity contribution in [3.63, 3.8) is 0 Å². The van der Waals surface area contributed by atoms with Crippen molar-refractivity contribution in [2.75, 3.05) is 6.54 Å². The average Bonchev–Trinajstić information content (AvgIpc) is 2.81. The molecule has 0 radical (unpaired) electrons. The van der Waals surface area contributed by atoms with Crippen molar-refractivity contribution in [3.05, 3.63) is 58.3 Å². The number of ether oxygens (including phenoxy) is 1. The molecule has 0 unspecified atom stereocenters. The molecule has 6 heteroatoms. The van der Waals surface area contributed by atoms with Crippen LogP contribution < -0.4 is 10.5 Å². The summed E-state index contributed by atoms with van der Waals surface area (Å²) in [6.07, 6.45) is 2.61. The first-order valence-electron chi connectivity index (χ1n) is 6.48. The Kier molecular flexibility index (Phi) is 4.01. The second-order valence-corrected chi connectivity index (χ2v) is 5.32. The number of nitrogens with zero attached hydrogens (tertiary/aromatic N) is 2. The molecule has 0 aliphatic rings. The summed E-state index contributed by atoms with van der Waals surface area (Å²) in [7, 11) is 0. The zero-order valence-corrected chi connectivity index (χ0v) is 12.6. The molecule has 0 fully saturated rings. The van der Waals surface area contributed by atoms with Crippen LogP contribution in [0.5, 0.6) is 11.6 Å². The van der Waals surface area contributed by atoms with Crippen LogP contribution in [-0.4, -0.2) is 15.9 Å². The molecule has 0 saturated carbocycles. The molecule has 0 bridgehead atoms. The first-order valence-corrected chi connectivity index (χ1v) is 7.23. The zero-order chi connectivity index (χ0) is 14.8. The highest BCUT2D eigenvalue weighted by atomic mass is 35.5. The number of fused-ring (bicyclic) bond motifs is 1. The Bertz CT molecular complexity index is 786. The van der Waals surface area contributed by atoms with Gasteiger partial charge in [-0.15, -0.1) is 0 Å². The van der Waals surface area contributed by atoms with Crippen LogP contribution >= 0.6 is 23.2 Å². The van der Waals surface area contributed by atoms with Gasteiger partial charge in [0.25, 0.3) is 0 Å². The quantitative estimate of drug-likeness (QED) is 0.792. The van der Waals surface area contributed by atoms with Gasteiger partial charge in [0, 0.05) is 18.7 Å². The van der Waals surface area contributed by atoms with Gasteiger partial charge in [-0.05, 0) is 30.8 Å². The van der Waals surface area contributed by atoms with Crippen molar-refractivity contribution in [1.29, 1.82) is 0 Å². The lowest BCUT2D eigenvalue weighted by Gasteiger charge is -2.06. The lowest BCUT2D eigenvalue weighted by atomic mass is 10.3. The van der Waals surface area contributed by atoms with Gasteiger partial charge in [0.1, 0.15) is 11.4 Å². The number of benzene rings is 1. The summed E-state index contributed by atoms with van der Waals surface area (Å²) in [5.41, 5.74) is 7.43. The molecule has 2 aromatic heterocycles. The fourth-order valence-electron chi connectivity index (χ4n) is 2.12. The molecular formula is C15H13Cl2N3O. The van der Waals surface area contributed by atoms with Crippen molar-refractivity contribution in [3.8, 4) is 11.6 Å². The molecular weight excluding hydrogens is 309 g/mol. The number of halogens is 2. The minimum Gasteiger partial charge on any atom is -0.437 e. The summed E-state index contributed by atoms with van der Waals surface area (Å²) in [5.74, 6) is 1.12. The second kappa shape index (κ2) is 5.93. The van der Waals surface area contributed by atoms with Crippen molar-refractivity contribution < 1.29 is 4.74 Å². The number of pyridine rings is 1. The fraction of sp³-hybridized carbons (Fsp3) is 0.133. The highest BCUT2D eigenvalue weighted by Crippen LogP contribution is 2.31. The minimum atomic E-state index is 0.443. The molecule has 2 heterocycles. The Morgan fingerprint density at radius 3 is 2.76 bits per heavy atom. The maximum Gasteiger partial charge on any atom is 0.241 e. The van der Waals surface area contributed by atoms with Crippen LogP contribution in [-0.2, 0) is 6.42 Å². The number of rotatable bonds is 4. The molecule has 0 atom stereocenters. The van der Waals surface area contributed by atoms with Crippen molar-refractivity contribution >= 4 is 28.8 Å². The second-order valence-electron chi connectivity index (χ2n) is 4.51. The summed E-state index contributed by atoms with van der Waals surface area (Å²) in [5, 5.41) is 0.930. The molecule has 0 amide bonds. The fourth-order valence-corrected chi connectivity index (χ4v) is 2.41. The van der Waals surface area contributed by atoms with E-state index < -0.39 is 0 Å². The van der Waals surface area contributed by atoms with E-state index in [9.17, 15) is 0 Å². The highest BCUT2D eigenvalue weighted by molar-refractivity contribution is 6.42. The lowest BCUT2D eigenvalue weighted by molar-refractivity contribution is 0.459. The average molecular weight is 322 g/mol. The predicted molar refractivity (Wildman–Crippen MR) is 84.5 cm³/mol. The van der Waals surface area contributed by atoms with Gasteiger partial charge in [0.15, 0.2) is 0 Å². The maximum atomic E-state index is 6.00. The summed E-state index contributed by atoms with van der Waals surface area (Å²) >= 11 is 11.9. The first kappa shape index (κ1) is 14.2. The molecule has 108 valence electrons. The Morgan fingerprint density at radius 2 is 2.00 bits per heavy atom. The van der Waals surface area contributed by atoms with E-state index in [4.69, 9.17) is 33.7 Å². The number of hydrogen-bond acceptors (Lipinski definition) is 3. The van der Waals surface area contributed by atoms with Crippen LogP contribution in [0.3, 0.4) is 0 Å². The lowest BCUT2D eigenvalue weighted by Crippen LogP contribution is -2.06. The van der Waals surface area contributed by atoms with Gasteiger partial charge in [-0.2, -0.15) is 4.98 Å². The number of imidazole rings is 1. The molecule has 3 aromatic rings. The highest BCUT2D eigenvalue weighted by Gasteiger charge is 2.13. The van der Waals surface area contributed by atoms with E-state index >= 15 is 0 Å². The topological polar surface area (TPSA) is 52.5 Å². The molecule has 2 N–H and O–H groups in total. The Labute approximate surface area is 132 Å². The van der Waals surface area contributed by atoms with E-state index in [1.807, 2.05) is 28.8 Å². The Balaban J connectivity index is 2.02. The molecule has 0 aliphatic carbocycles. The normalized spacial score (nSPS) is 11.0. The van der Waals surface area contributed by atoms with Crippen LogP contribution in [0.15, 0.2) is 42.6 Å². The molecule has 0 saturated heterocycles. The third-order valence-electron chi connectivity index (χ3n) is 3.08. The minimum absolute atomic E-state index is 0.443. The van der Waals surface area contributed by atoms with Gasteiger partial charge in [0.05, 0.1) is 15.7 Å². The molecule has 0 spiro atoms. The maximum absolute atomic E-state index is 6.00. The standard InChI is InChI=1S/C15H13Cl2N3O/c16-11-5-4-10(9-12(11)17)21-15-13(6-7-18)20-8-2-1-3-14(20)19-15/h1-5,8-9H,6-7,18H2. The zero-order valence-electron chi connectivity index (χ0n) is 11.1. The van der Waals surface area contributed by atoms with Crippen LogP contribution in [0.25, 0.3) is 5.65 Å². The van der Waals surface area contributed by atoms with Gasteiger partial charge in [0.2, 0.25) is 5.88 Å². The summed E-state index contributed by atoms with van der Waals surface area (Å²) in [4.78, 5) is 4.49. The summed E-state index contributed by atoms with van der Waals surface area (Å²) in [6, 6.07) is 10.9. The van der Waals surface area contributed by atoms with E-state index in [0.29, 0.717) is 34.6 Å². The third-order valence-corrected chi connectivity index (χ3v) is 3.82. The largest absolute Gasteiger partial charge is 0.437 e. The van der Waals surface area contributed by atoms with Crippen molar-refractivity contribution in [2.45, 2.75) is 6.42 Å². The molecule has 1 aromatic carbocycles. The summed E-state index contributed by atoms with van der Waals surface area (Å²) in [6.45, 7) is 0.514. The van der Waals surface area contributed by atoms with Gasteiger partial charge in [-0.1, -0.05) is 29.3 Å². The van der Waals surface area contributed by atoms with Crippen molar-refractivity contribution in [2.24, 2.45) is 5.73 Å². The van der Waals surface area contributed by atoms with Gasteiger partial charge in [-0.3, -0.25) is 0 Å². The van der Waals surface area contributed by atoms with E-state index in [0.717, 1.165) is 11.3 Å². The van der Waals surface area contributed by atoms with Crippen LogP contribution in [0.1, 0.15) is 5.69 Å². The third kappa shape index (κ3) is 2.83. The van der Waals surface area contributed by atoms with Gasteiger partial charge in [-0.25, -0.2) is 0 Å². The predicted octanol–water partition coefficient (Wildman–Crippen LogP) is 3.93. The smallest absolute Gasteiger partial charge is 0.241 e. The van der Waals surface area contributed by atoms with Crippen LogP contribution in [0.4, 0.5) is 0 Å². The van der Waals surface area contributed by atoms with Crippen LogP contribution in [0, 0.1) is 0 Å². The number of nitrogens with two attached hydrogens (primary N) is 1. The molecule has 4 nitrogen and oxygen atoms in total. The van der Waals surface area contributed by atoms with Crippen LogP contribution in [0.2, 0.25) is 10.0 Å². The molecule has 3 rings (SSSR count).